The molecule has 0 aliphatic carbocycles. The van der Waals surface area contributed by atoms with Gasteiger partial charge in [-0.2, -0.15) is 0 Å². The zero-order chi connectivity index (χ0) is 11.3. The molecule has 0 aromatic rings. The second kappa shape index (κ2) is 6.46. The van der Waals surface area contributed by atoms with E-state index in [4.69, 9.17) is 4.74 Å². The average Bonchev–Trinajstić information content (AvgIpc) is 2.26. The average molecular weight is 214 g/mol. The van der Waals surface area contributed by atoms with Gasteiger partial charge in [-0.15, -0.1) is 0 Å². The Hall–Kier alpha value is -0.120. The van der Waals surface area contributed by atoms with Crippen LogP contribution >= 0.6 is 0 Å². The Morgan fingerprint density at radius 3 is 2.73 bits per heavy atom. The first-order valence-electron chi connectivity index (χ1n) is 6.20. The van der Waals surface area contributed by atoms with Crippen LogP contribution in [0.3, 0.4) is 0 Å². The highest BCUT2D eigenvalue weighted by molar-refractivity contribution is 4.83. The van der Waals surface area contributed by atoms with Crippen LogP contribution in [0.25, 0.3) is 0 Å². The highest BCUT2D eigenvalue weighted by Crippen LogP contribution is 2.11. The Kier molecular flexibility index (Phi) is 5.58. The first kappa shape index (κ1) is 12.9. The number of rotatable bonds is 5. The van der Waals surface area contributed by atoms with Crippen LogP contribution in [-0.2, 0) is 4.74 Å². The third-order valence-corrected chi connectivity index (χ3v) is 3.23. The fraction of sp³-hybridized carbons (Fsp3) is 1.00. The van der Waals surface area contributed by atoms with Crippen molar-refractivity contribution in [1.82, 2.24) is 10.2 Å². The molecule has 0 aromatic carbocycles. The molecule has 0 saturated carbocycles. The van der Waals surface area contributed by atoms with Crippen molar-refractivity contribution in [1.29, 1.82) is 0 Å². The predicted molar refractivity (Wildman–Crippen MR) is 64.2 cm³/mol. The van der Waals surface area contributed by atoms with E-state index < -0.39 is 0 Å². The standard InChI is InChI=1S/C12H26N2O/c1-5-15-9-11(4)14-7-6-13-12(8-14)10(2)3/h10-13H,5-9H2,1-4H3. The molecule has 0 aromatic heterocycles. The Morgan fingerprint density at radius 1 is 1.40 bits per heavy atom. The number of ether oxygens (including phenoxy) is 1. The maximum absolute atomic E-state index is 5.48. The lowest BCUT2D eigenvalue weighted by Crippen LogP contribution is -2.55. The second-order valence-corrected chi connectivity index (χ2v) is 4.81. The molecule has 2 unspecified atom stereocenters. The lowest BCUT2D eigenvalue weighted by molar-refractivity contribution is 0.0533. The molecule has 1 aliphatic rings. The maximum Gasteiger partial charge on any atom is 0.0619 e. The number of piperazine rings is 1. The fourth-order valence-corrected chi connectivity index (χ4v) is 2.04. The van der Waals surface area contributed by atoms with Gasteiger partial charge in [0.25, 0.3) is 0 Å². The van der Waals surface area contributed by atoms with E-state index in [1.54, 1.807) is 0 Å². The first-order chi connectivity index (χ1) is 7.15. The molecule has 0 spiro atoms. The first-order valence-corrected chi connectivity index (χ1v) is 6.20. The Morgan fingerprint density at radius 2 is 2.13 bits per heavy atom. The number of hydrogen-bond donors (Lipinski definition) is 1. The summed E-state index contributed by atoms with van der Waals surface area (Å²) < 4.78 is 5.48. The topological polar surface area (TPSA) is 24.5 Å². The molecule has 1 heterocycles. The smallest absolute Gasteiger partial charge is 0.0619 e. The van der Waals surface area contributed by atoms with Gasteiger partial charge in [-0.3, -0.25) is 4.90 Å². The Balaban J connectivity index is 2.34. The van der Waals surface area contributed by atoms with Gasteiger partial charge in [0, 0.05) is 38.3 Å². The minimum atomic E-state index is 0.549. The molecule has 0 bridgehead atoms. The van der Waals surface area contributed by atoms with E-state index in [-0.39, 0.29) is 0 Å². The molecule has 1 saturated heterocycles. The molecule has 1 N–H and O–H groups in total. The molecule has 0 radical (unpaired) electrons. The van der Waals surface area contributed by atoms with Crippen LogP contribution in [0.4, 0.5) is 0 Å². The quantitative estimate of drug-likeness (QED) is 0.747. The zero-order valence-electron chi connectivity index (χ0n) is 10.6. The summed E-state index contributed by atoms with van der Waals surface area (Å²) >= 11 is 0. The summed E-state index contributed by atoms with van der Waals surface area (Å²) in [7, 11) is 0. The van der Waals surface area contributed by atoms with Crippen LogP contribution in [0.1, 0.15) is 27.7 Å². The molecule has 1 aliphatic heterocycles. The molecular weight excluding hydrogens is 188 g/mol. The predicted octanol–water partition coefficient (Wildman–Crippen LogP) is 1.34. The highest BCUT2D eigenvalue weighted by Gasteiger charge is 2.24. The monoisotopic (exact) mass is 214 g/mol. The third kappa shape index (κ3) is 4.09. The molecule has 15 heavy (non-hydrogen) atoms. The van der Waals surface area contributed by atoms with Crippen molar-refractivity contribution in [3.8, 4) is 0 Å². The van der Waals surface area contributed by atoms with Crippen LogP contribution in [0.5, 0.6) is 0 Å². The van der Waals surface area contributed by atoms with E-state index in [1.165, 1.54) is 0 Å². The second-order valence-electron chi connectivity index (χ2n) is 4.81. The van der Waals surface area contributed by atoms with E-state index in [2.05, 4.69) is 37.9 Å². The zero-order valence-corrected chi connectivity index (χ0v) is 10.6. The minimum absolute atomic E-state index is 0.549. The molecule has 90 valence electrons. The maximum atomic E-state index is 5.48. The molecule has 3 nitrogen and oxygen atoms in total. The summed E-state index contributed by atoms with van der Waals surface area (Å²) in [6.45, 7) is 14.0. The van der Waals surface area contributed by atoms with Crippen molar-refractivity contribution in [2.45, 2.75) is 39.8 Å². The van der Waals surface area contributed by atoms with Crippen LogP contribution < -0.4 is 5.32 Å². The van der Waals surface area contributed by atoms with Gasteiger partial charge in [-0.25, -0.2) is 0 Å². The van der Waals surface area contributed by atoms with Crippen LogP contribution in [0.2, 0.25) is 0 Å². The molecule has 1 rings (SSSR count). The van der Waals surface area contributed by atoms with Gasteiger partial charge >= 0.3 is 0 Å². The van der Waals surface area contributed by atoms with E-state index in [9.17, 15) is 0 Å². The van der Waals surface area contributed by atoms with E-state index in [1.807, 2.05) is 0 Å². The van der Waals surface area contributed by atoms with Crippen molar-refractivity contribution in [3.63, 3.8) is 0 Å². The summed E-state index contributed by atoms with van der Waals surface area (Å²) in [5.74, 6) is 0.715. The third-order valence-electron chi connectivity index (χ3n) is 3.23. The lowest BCUT2D eigenvalue weighted by atomic mass is 10.0. The molecule has 3 heteroatoms. The van der Waals surface area contributed by atoms with Gasteiger partial charge < -0.3 is 10.1 Å². The van der Waals surface area contributed by atoms with Crippen molar-refractivity contribution in [3.05, 3.63) is 0 Å². The van der Waals surface area contributed by atoms with Gasteiger partial charge in [-0.05, 0) is 19.8 Å². The van der Waals surface area contributed by atoms with Gasteiger partial charge in [0.15, 0.2) is 0 Å². The fourth-order valence-electron chi connectivity index (χ4n) is 2.04. The molecule has 2 atom stereocenters. The van der Waals surface area contributed by atoms with Gasteiger partial charge in [0.1, 0.15) is 0 Å². The van der Waals surface area contributed by atoms with Crippen LogP contribution in [0, 0.1) is 5.92 Å². The highest BCUT2D eigenvalue weighted by atomic mass is 16.5. The SMILES string of the molecule is CCOCC(C)N1CCNC(C(C)C)C1. The van der Waals surface area contributed by atoms with Crippen LogP contribution in [-0.4, -0.2) is 49.8 Å². The van der Waals surface area contributed by atoms with Gasteiger partial charge in [0.05, 0.1) is 6.61 Å². The van der Waals surface area contributed by atoms with Crippen molar-refractivity contribution in [2.75, 3.05) is 32.8 Å². The van der Waals surface area contributed by atoms with Crippen molar-refractivity contribution >= 4 is 0 Å². The van der Waals surface area contributed by atoms with E-state index >= 15 is 0 Å². The summed E-state index contributed by atoms with van der Waals surface area (Å²) in [5.41, 5.74) is 0. The summed E-state index contributed by atoms with van der Waals surface area (Å²) in [6, 6.07) is 1.19. The van der Waals surface area contributed by atoms with Crippen molar-refractivity contribution < 1.29 is 4.74 Å². The summed E-state index contributed by atoms with van der Waals surface area (Å²) in [5, 5.41) is 3.58. The summed E-state index contributed by atoms with van der Waals surface area (Å²) in [6.07, 6.45) is 0. The number of nitrogens with one attached hydrogen (secondary N) is 1. The Labute approximate surface area is 94.2 Å². The number of nitrogens with zero attached hydrogens (tertiary/aromatic N) is 1. The number of hydrogen-bond acceptors (Lipinski definition) is 3. The largest absolute Gasteiger partial charge is 0.380 e. The molecule has 0 amide bonds. The van der Waals surface area contributed by atoms with Gasteiger partial charge in [0.2, 0.25) is 0 Å². The van der Waals surface area contributed by atoms with E-state index in [0.717, 1.165) is 32.8 Å². The van der Waals surface area contributed by atoms with E-state index in [0.29, 0.717) is 18.0 Å². The van der Waals surface area contributed by atoms with Gasteiger partial charge in [-0.1, -0.05) is 13.8 Å². The van der Waals surface area contributed by atoms with Crippen LogP contribution in [0.15, 0.2) is 0 Å². The van der Waals surface area contributed by atoms with Crippen molar-refractivity contribution in [2.24, 2.45) is 5.92 Å². The normalized spacial score (nSPS) is 25.8. The molecular formula is C12H26N2O. The summed E-state index contributed by atoms with van der Waals surface area (Å²) in [4.78, 5) is 2.54. The Bertz CT molecular complexity index is 173. The lowest BCUT2D eigenvalue weighted by Gasteiger charge is -2.39. The molecule has 1 fully saturated rings. The minimum Gasteiger partial charge on any atom is -0.380 e.